The van der Waals surface area contributed by atoms with Gasteiger partial charge in [-0.15, -0.1) is 5.10 Å². The number of para-hydroxylation sites is 1. The molecule has 0 spiro atoms. The quantitative estimate of drug-likeness (QED) is 0.475. The van der Waals surface area contributed by atoms with Crippen molar-refractivity contribution in [2.75, 3.05) is 5.32 Å². The second-order valence-corrected chi connectivity index (χ2v) is 7.05. The lowest BCUT2D eigenvalue weighted by Crippen LogP contribution is -2.21. The minimum Gasteiger partial charge on any atom is -0.317 e. The number of carbonyl (C=O) groups excluding carboxylic acids is 1. The molecule has 1 N–H and O–H groups in total. The Hall–Kier alpha value is -4.65. The van der Waals surface area contributed by atoms with Gasteiger partial charge in [0.15, 0.2) is 5.82 Å². The Kier molecular flexibility index (Phi) is 4.97. The molecule has 0 fully saturated rings. The van der Waals surface area contributed by atoms with Gasteiger partial charge in [0.05, 0.1) is 22.8 Å². The number of benzene rings is 3. The molecule has 2 heterocycles. The zero-order valence-electron chi connectivity index (χ0n) is 16.8. The van der Waals surface area contributed by atoms with Gasteiger partial charge < -0.3 is 5.32 Å². The fraction of sp³-hybridized carbons (Fsp3) is 0. The van der Waals surface area contributed by atoms with Crippen molar-refractivity contribution in [2.24, 2.45) is 0 Å². The number of hydrogen-bond donors (Lipinski definition) is 1. The zero-order chi connectivity index (χ0) is 21.9. The van der Waals surface area contributed by atoms with Crippen LogP contribution < -0.4 is 10.7 Å². The minimum atomic E-state index is -0.463. The van der Waals surface area contributed by atoms with E-state index in [4.69, 9.17) is 5.10 Å². The number of nitrogens with zero attached hydrogens (tertiary/aromatic N) is 4. The molecule has 1 aliphatic carbocycles. The SMILES string of the molecule is O=C(Nc1cc2nc(-c3ccccc3)nn(-c3ccccc3)c-2cc1=O)c1ccccn1. The lowest BCUT2D eigenvalue weighted by atomic mass is 10.1. The lowest BCUT2D eigenvalue weighted by Gasteiger charge is -2.17. The van der Waals surface area contributed by atoms with Crippen molar-refractivity contribution in [3.05, 3.63) is 113 Å². The number of carbonyl (C=O) groups is 1. The van der Waals surface area contributed by atoms with Crippen molar-refractivity contribution in [3.8, 4) is 28.5 Å². The van der Waals surface area contributed by atoms with Crippen molar-refractivity contribution in [1.82, 2.24) is 19.7 Å². The van der Waals surface area contributed by atoms with Gasteiger partial charge in [0.2, 0.25) is 5.43 Å². The standard InChI is InChI=1S/C25H17N5O2/c31-23-16-22-20(15-21(23)28-25(32)19-13-7-8-14-26-19)27-24(17-9-3-1-4-10-17)29-30(22)18-11-5-2-6-12-18/h1-16H,(H,28,32). The monoisotopic (exact) mass is 419 g/mol. The number of amides is 1. The number of nitrogens with one attached hydrogen (secondary N) is 1. The molecule has 32 heavy (non-hydrogen) atoms. The smallest absolute Gasteiger partial charge is 0.274 e. The fourth-order valence-corrected chi connectivity index (χ4v) is 3.36. The summed E-state index contributed by atoms with van der Waals surface area (Å²) >= 11 is 0. The first-order valence-corrected chi connectivity index (χ1v) is 9.97. The Balaban J connectivity index is 1.67. The van der Waals surface area contributed by atoms with Crippen LogP contribution in [-0.2, 0) is 0 Å². The molecule has 1 aliphatic heterocycles. The van der Waals surface area contributed by atoms with Gasteiger partial charge in [0.1, 0.15) is 5.69 Å². The molecule has 154 valence electrons. The first kappa shape index (κ1) is 19.3. The van der Waals surface area contributed by atoms with E-state index in [1.807, 2.05) is 60.7 Å². The molecule has 7 nitrogen and oxygen atoms in total. The van der Waals surface area contributed by atoms with Crippen molar-refractivity contribution < 1.29 is 4.79 Å². The first-order valence-electron chi connectivity index (χ1n) is 9.97. The molecule has 3 aromatic rings. The lowest BCUT2D eigenvalue weighted by molar-refractivity contribution is 0.102. The van der Waals surface area contributed by atoms with Crippen LogP contribution >= 0.6 is 0 Å². The number of anilines is 1. The van der Waals surface area contributed by atoms with Gasteiger partial charge in [-0.1, -0.05) is 54.6 Å². The molecule has 2 aliphatic rings. The summed E-state index contributed by atoms with van der Waals surface area (Å²) in [7, 11) is 0. The summed E-state index contributed by atoms with van der Waals surface area (Å²) in [6.45, 7) is 0. The maximum atomic E-state index is 12.8. The van der Waals surface area contributed by atoms with Crippen LogP contribution in [0, 0.1) is 0 Å². The van der Waals surface area contributed by atoms with Gasteiger partial charge in [-0.2, -0.15) is 0 Å². The van der Waals surface area contributed by atoms with E-state index in [2.05, 4.69) is 15.3 Å². The summed E-state index contributed by atoms with van der Waals surface area (Å²) in [5.74, 6) is 0.0397. The topological polar surface area (TPSA) is 89.8 Å². The molecule has 7 heteroatoms. The molecule has 0 saturated heterocycles. The summed E-state index contributed by atoms with van der Waals surface area (Å²) in [5, 5.41) is 7.34. The first-order chi connectivity index (χ1) is 15.7. The number of fused-ring (bicyclic) bond motifs is 1. The molecule has 0 radical (unpaired) electrons. The van der Waals surface area contributed by atoms with Crippen molar-refractivity contribution >= 4 is 11.6 Å². The van der Waals surface area contributed by atoms with Crippen LogP contribution in [0.5, 0.6) is 0 Å². The summed E-state index contributed by atoms with van der Waals surface area (Å²) in [5.41, 5.74) is 2.70. The molecule has 0 atom stereocenters. The maximum absolute atomic E-state index is 12.8. The van der Waals surface area contributed by atoms with E-state index in [1.54, 1.807) is 28.9 Å². The molecule has 1 aromatic heterocycles. The zero-order valence-corrected chi connectivity index (χ0v) is 16.8. The summed E-state index contributed by atoms with van der Waals surface area (Å²) in [4.78, 5) is 34.1. The third kappa shape index (κ3) is 3.75. The second-order valence-electron chi connectivity index (χ2n) is 7.05. The molecule has 0 unspecified atom stereocenters. The van der Waals surface area contributed by atoms with Gasteiger partial charge in [-0.05, 0) is 30.3 Å². The van der Waals surface area contributed by atoms with Gasteiger partial charge in [-0.3, -0.25) is 14.6 Å². The van der Waals surface area contributed by atoms with Crippen LogP contribution in [-0.4, -0.2) is 25.7 Å². The number of aromatic nitrogens is 4. The number of pyridine rings is 1. The molecule has 0 bridgehead atoms. The normalized spacial score (nSPS) is 10.8. The van der Waals surface area contributed by atoms with E-state index in [0.717, 1.165) is 11.3 Å². The van der Waals surface area contributed by atoms with Gasteiger partial charge in [0.25, 0.3) is 5.91 Å². The Bertz CT molecular complexity index is 1420. The molecule has 0 saturated carbocycles. The molecule has 2 aromatic carbocycles. The predicted octanol–water partition coefficient (Wildman–Crippen LogP) is 4.05. The fourth-order valence-electron chi connectivity index (χ4n) is 3.36. The minimum absolute atomic E-state index is 0.130. The molecular formula is C25H17N5O2. The van der Waals surface area contributed by atoms with Crippen LogP contribution in [0.2, 0.25) is 0 Å². The third-order valence-corrected chi connectivity index (χ3v) is 4.90. The van der Waals surface area contributed by atoms with E-state index in [0.29, 0.717) is 17.2 Å². The average molecular weight is 419 g/mol. The van der Waals surface area contributed by atoms with E-state index < -0.39 is 5.91 Å². The van der Waals surface area contributed by atoms with Gasteiger partial charge in [0, 0.05) is 17.8 Å². The Morgan fingerprint density at radius 3 is 2.28 bits per heavy atom. The average Bonchev–Trinajstić information content (AvgIpc) is 2.85. The van der Waals surface area contributed by atoms with Gasteiger partial charge in [-0.25, -0.2) is 9.67 Å². The summed E-state index contributed by atoms with van der Waals surface area (Å²) < 4.78 is 1.69. The van der Waals surface area contributed by atoms with Crippen molar-refractivity contribution in [3.63, 3.8) is 0 Å². The Morgan fingerprint density at radius 1 is 0.844 bits per heavy atom. The molecule has 5 rings (SSSR count). The summed E-state index contributed by atoms with van der Waals surface area (Å²) in [6.07, 6.45) is 1.52. The van der Waals surface area contributed by atoms with Crippen molar-refractivity contribution in [2.45, 2.75) is 0 Å². The number of rotatable bonds is 4. The van der Waals surface area contributed by atoms with Crippen LogP contribution in [0.25, 0.3) is 28.5 Å². The van der Waals surface area contributed by atoms with Gasteiger partial charge >= 0.3 is 0 Å². The maximum Gasteiger partial charge on any atom is 0.274 e. The van der Waals surface area contributed by atoms with Crippen molar-refractivity contribution in [1.29, 1.82) is 0 Å². The van der Waals surface area contributed by atoms with Crippen LogP contribution in [0.4, 0.5) is 5.69 Å². The van der Waals surface area contributed by atoms with E-state index >= 15 is 0 Å². The largest absolute Gasteiger partial charge is 0.317 e. The van der Waals surface area contributed by atoms with Crippen LogP contribution in [0.15, 0.2) is 102 Å². The second kappa shape index (κ2) is 8.23. The van der Waals surface area contributed by atoms with E-state index in [1.165, 1.54) is 12.3 Å². The summed E-state index contributed by atoms with van der Waals surface area (Å²) in [6, 6.07) is 27.1. The highest BCUT2D eigenvalue weighted by atomic mass is 16.2. The van der Waals surface area contributed by atoms with Crippen LogP contribution in [0.3, 0.4) is 0 Å². The highest BCUT2D eigenvalue weighted by Gasteiger charge is 2.19. The van der Waals surface area contributed by atoms with Crippen LogP contribution in [0.1, 0.15) is 10.5 Å². The molecule has 1 amide bonds. The Labute approximate surface area is 183 Å². The number of hydrogen-bond acceptors (Lipinski definition) is 5. The molecular weight excluding hydrogens is 402 g/mol. The van der Waals surface area contributed by atoms with E-state index in [-0.39, 0.29) is 16.8 Å². The third-order valence-electron chi connectivity index (χ3n) is 4.90. The highest BCUT2D eigenvalue weighted by molar-refractivity contribution is 6.03. The predicted molar refractivity (Wildman–Crippen MR) is 122 cm³/mol. The van der Waals surface area contributed by atoms with E-state index in [9.17, 15) is 9.59 Å². The highest BCUT2D eigenvalue weighted by Crippen LogP contribution is 2.26. The Morgan fingerprint density at radius 2 is 1.56 bits per heavy atom.